The number of urea groups is 1. The number of hydrogen-bond acceptors (Lipinski definition) is 4. The van der Waals surface area contributed by atoms with Gasteiger partial charge in [-0.2, -0.15) is 0 Å². The molecule has 23 heavy (non-hydrogen) atoms. The lowest BCUT2D eigenvalue weighted by atomic mass is 10.2. The maximum Gasteiger partial charge on any atom is 0.317 e. The molecule has 1 aliphatic heterocycles. The molecule has 0 saturated carbocycles. The summed E-state index contributed by atoms with van der Waals surface area (Å²) in [5, 5.41) is 11.8. The van der Waals surface area contributed by atoms with Crippen LogP contribution in [0.1, 0.15) is 13.3 Å². The summed E-state index contributed by atoms with van der Waals surface area (Å²) in [7, 11) is 1.59. The normalized spacial score (nSPS) is 17.3. The largest absolute Gasteiger partial charge is 0.497 e. The minimum atomic E-state index is -0.254. The van der Waals surface area contributed by atoms with E-state index in [4.69, 9.17) is 9.84 Å². The number of aliphatic hydroxyl groups is 1. The average Bonchev–Trinajstić information content (AvgIpc) is 2.92. The minimum Gasteiger partial charge on any atom is -0.497 e. The van der Waals surface area contributed by atoms with Crippen LogP contribution in [0.3, 0.4) is 0 Å². The Hall–Kier alpha value is -2.28. The molecular formula is C16H23N3O4. The minimum absolute atomic E-state index is 0.0225. The van der Waals surface area contributed by atoms with E-state index in [1.165, 1.54) is 4.90 Å². The Morgan fingerprint density at radius 1 is 1.43 bits per heavy atom. The van der Waals surface area contributed by atoms with Crippen molar-refractivity contribution in [3.8, 4) is 5.75 Å². The number of carbonyl (C=O) groups is 2. The predicted octanol–water partition coefficient (Wildman–Crippen LogP) is 0.824. The third-order valence-corrected chi connectivity index (χ3v) is 3.88. The van der Waals surface area contributed by atoms with Crippen molar-refractivity contribution < 1.29 is 19.4 Å². The summed E-state index contributed by atoms with van der Waals surface area (Å²) in [5.74, 6) is 0.707. The first-order valence-electron chi connectivity index (χ1n) is 7.69. The van der Waals surface area contributed by atoms with Gasteiger partial charge in [0.1, 0.15) is 5.75 Å². The Balaban J connectivity index is 1.97. The van der Waals surface area contributed by atoms with Crippen LogP contribution in [0.4, 0.5) is 10.5 Å². The molecule has 7 heteroatoms. The second-order valence-electron chi connectivity index (χ2n) is 5.36. The van der Waals surface area contributed by atoms with Gasteiger partial charge in [-0.15, -0.1) is 0 Å². The molecular weight excluding hydrogens is 298 g/mol. The number of anilines is 1. The van der Waals surface area contributed by atoms with E-state index in [1.807, 2.05) is 19.1 Å². The number of methoxy groups -OCH3 is 1. The number of ether oxygens (including phenoxy) is 1. The summed E-state index contributed by atoms with van der Waals surface area (Å²) < 4.78 is 5.11. The number of amides is 3. The molecule has 0 bridgehead atoms. The fourth-order valence-corrected chi connectivity index (χ4v) is 2.61. The molecule has 1 unspecified atom stereocenters. The summed E-state index contributed by atoms with van der Waals surface area (Å²) in [6.45, 7) is 3.00. The van der Waals surface area contributed by atoms with Crippen LogP contribution in [-0.4, -0.2) is 61.3 Å². The van der Waals surface area contributed by atoms with Gasteiger partial charge in [0, 0.05) is 31.7 Å². The zero-order valence-electron chi connectivity index (χ0n) is 13.5. The fraction of sp³-hybridized carbons (Fsp3) is 0.500. The molecule has 1 atom stereocenters. The maximum absolute atomic E-state index is 12.2. The third kappa shape index (κ3) is 4.13. The van der Waals surface area contributed by atoms with Crippen molar-refractivity contribution >= 4 is 17.6 Å². The topological polar surface area (TPSA) is 82.1 Å². The van der Waals surface area contributed by atoms with Gasteiger partial charge in [0.15, 0.2) is 0 Å². The number of benzene rings is 1. The molecule has 1 aromatic rings. The molecule has 0 spiro atoms. The van der Waals surface area contributed by atoms with Crippen LogP contribution in [0.2, 0.25) is 0 Å². The van der Waals surface area contributed by atoms with Gasteiger partial charge in [-0.25, -0.2) is 4.79 Å². The highest BCUT2D eigenvalue weighted by Crippen LogP contribution is 2.24. The van der Waals surface area contributed by atoms with E-state index in [9.17, 15) is 9.59 Å². The summed E-state index contributed by atoms with van der Waals surface area (Å²) in [4.78, 5) is 27.5. The van der Waals surface area contributed by atoms with Crippen LogP contribution < -0.4 is 15.0 Å². The zero-order chi connectivity index (χ0) is 16.8. The van der Waals surface area contributed by atoms with E-state index in [0.29, 0.717) is 13.1 Å². The Morgan fingerprint density at radius 3 is 2.70 bits per heavy atom. The summed E-state index contributed by atoms with van der Waals surface area (Å²) in [5.41, 5.74) is 0.787. The number of carbonyl (C=O) groups excluding carboxylic acids is 2. The van der Waals surface area contributed by atoms with Crippen LogP contribution in [0, 0.1) is 0 Å². The predicted molar refractivity (Wildman–Crippen MR) is 86.6 cm³/mol. The Morgan fingerprint density at radius 2 is 2.13 bits per heavy atom. The van der Waals surface area contributed by atoms with Crippen molar-refractivity contribution in [2.24, 2.45) is 0 Å². The van der Waals surface area contributed by atoms with E-state index in [0.717, 1.165) is 11.4 Å². The standard InChI is InChI=1S/C16H23N3O4/c1-3-18(8-9-20)16(22)17-12-10-15(21)19(11-12)13-4-6-14(23-2)7-5-13/h4-7,12,20H,3,8-11H2,1-2H3,(H,17,22). The summed E-state index contributed by atoms with van der Waals surface area (Å²) in [6.07, 6.45) is 0.272. The van der Waals surface area contributed by atoms with Crippen LogP contribution in [-0.2, 0) is 4.79 Å². The summed E-state index contributed by atoms with van der Waals surface area (Å²) >= 11 is 0. The van der Waals surface area contributed by atoms with Crippen molar-refractivity contribution in [1.29, 1.82) is 0 Å². The smallest absolute Gasteiger partial charge is 0.317 e. The lowest BCUT2D eigenvalue weighted by Gasteiger charge is -2.23. The molecule has 2 rings (SSSR count). The van der Waals surface area contributed by atoms with Gasteiger partial charge in [0.25, 0.3) is 0 Å². The molecule has 3 amide bonds. The third-order valence-electron chi connectivity index (χ3n) is 3.88. The summed E-state index contributed by atoms with van der Waals surface area (Å²) in [6, 6.07) is 6.76. The average molecular weight is 321 g/mol. The number of nitrogens with zero attached hydrogens (tertiary/aromatic N) is 2. The Kier molecular flexibility index (Phi) is 5.81. The van der Waals surface area contributed by atoms with Gasteiger partial charge < -0.3 is 25.0 Å². The highest BCUT2D eigenvalue weighted by Gasteiger charge is 2.32. The van der Waals surface area contributed by atoms with Crippen LogP contribution >= 0.6 is 0 Å². The van der Waals surface area contributed by atoms with E-state index in [-0.39, 0.29) is 37.6 Å². The van der Waals surface area contributed by atoms with Crippen LogP contribution in [0.15, 0.2) is 24.3 Å². The monoisotopic (exact) mass is 321 g/mol. The van der Waals surface area contributed by atoms with E-state index >= 15 is 0 Å². The van der Waals surface area contributed by atoms with Crippen LogP contribution in [0.25, 0.3) is 0 Å². The first-order chi connectivity index (χ1) is 11.1. The molecule has 0 radical (unpaired) electrons. The van der Waals surface area contributed by atoms with Gasteiger partial charge >= 0.3 is 6.03 Å². The van der Waals surface area contributed by atoms with Crippen molar-refractivity contribution in [2.45, 2.75) is 19.4 Å². The lowest BCUT2D eigenvalue weighted by Crippen LogP contribution is -2.46. The van der Waals surface area contributed by atoms with E-state index in [2.05, 4.69) is 5.32 Å². The van der Waals surface area contributed by atoms with Crippen molar-refractivity contribution in [3.63, 3.8) is 0 Å². The highest BCUT2D eigenvalue weighted by molar-refractivity contribution is 5.96. The number of likely N-dealkylation sites (N-methyl/N-ethyl adjacent to an activating group) is 1. The molecule has 0 aromatic heterocycles. The highest BCUT2D eigenvalue weighted by atomic mass is 16.5. The van der Waals surface area contributed by atoms with Crippen molar-refractivity contribution in [3.05, 3.63) is 24.3 Å². The number of aliphatic hydroxyl groups excluding tert-OH is 1. The number of rotatable bonds is 6. The SMILES string of the molecule is CCN(CCO)C(=O)NC1CC(=O)N(c2ccc(OC)cc2)C1. The second kappa shape index (κ2) is 7.82. The van der Waals surface area contributed by atoms with E-state index < -0.39 is 0 Å². The fourth-order valence-electron chi connectivity index (χ4n) is 2.61. The van der Waals surface area contributed by atoms with Gasteiger partial charge in [-0.05, 0) is 31.2 Å². The van der Waals surface area contributed by atoms with Crippen LogP contribution in [0.5, 0.6) is 5.75 Å². The quantitative estimate of drug-likeness (QED) is 0.813. The molecule has 1 aromatic carbocycles. The zero-order valence-corrected chi connectivity index (χ0v) is 13.5. The van der Waals surface area contributed by atoms with Gasteiger partial charge in [0.05, 0.1) is 19.8 Å². The molecule has 1 heterocycles. The maximum atomic E-state index is 12.2. The first-order valence-corrected chi connectivity index (χ1v) is 7.69. The lowest BCUT2D eigenvalue weighted by molar-refractivity contribution is -0.117. The number of hydrogen-bond donors (Lipinski definition) is 2. The molecule has 2 N–H and O–H groups in total. The molecule has 126 valence electrons. The molecule has 1 saturated heterocycles. The Labute approximate surface area is 135 Å². The molecule has 1 aliphatic rings. The Bertz CT molecular complexity index is 547. The second-order valence-corrected chi connectivity index (χ2v) is 5.36. The molecule has 0 aliphatic carbocycles. The molecule has 7 nitrogen and oxygen atoms in total. The van der Waals surface area contributed by atoms with Gasteiger partial charge in [-0.3, -0.25) is 4.79 Å². The first kappa shape index (κ1) is 17.1. The number of nitrogens with one attached hydrogen (secondary N) is 1. The van der Waals surface area contributed by atoms with Crippen molar-refractivity contribution in [2.75, 3.05) is 38.3 Å². The molecule has 1 fully saturated rings. The van der Waals surface area contributed by atoms with Crippen molar-refractivity contribution in [1.82, 2.24) is 10.2 Å². The van der Waals surface area contributed by atoms with Gasteiger partial charge in [0.2, 0.25) is 5.91 Å². The van der Waals surface area contributed by atoms with E-state index in [1.54, 1.807) is 24.1 Å². The van der Waals surface area contributed by atoms with Gasteiger partial charge in [-0.1, -0.05) is 0 Å².